The smallest absolute Gasteiger partial charge is 0.274 e. The lowest BCUT2D eigenvalue weighted by Gasteiger charge is -2.31. The van der Waals surface area contributed by atoms with E-state index in [-0.39, 0.29) is 40.4 Å². The van der Waals surface area contributed by atoms with Gasteiger partial charge in [0.05, 0.1) is 12.2 Å². The highest BCUT2D eigenvalue weighted by Gasteiger charge is 2.42. The molecular formula is C20H21F2N7O2. The SMILES string of the molecule is CN(c1cc(Nc2cccn(C3CC(F)C3)c2=O)nc2c(C(N)=O)cnn12)[C@@H]1C[C@@H]1F. The number of nitrogens with two attached hydrogens (primary N) is 1. The molecule has 2 saturated carbocycles. The summed E-state index contributed by atoms with van der Waals surface area (Å²) in [5.41, 5.74) is 5.71. The second kappa shape index (κ2) is 7.03. The Bertz CT molecular complexity index is 1230. The predicted octanol–water partition coefficient (Wildman–Crippen LogP) is 1.95. The van der Waals surface area contributed by atoms with E-state index in [0.717, 1.165) is 0 Å². The minimum Gasteiger partial charge on any atom is -0.365 e. The van der Waals surface area contributed by atoms with Crippen molar-refractivity contribution in [1.29, 1.82) is 0 Å². The number of amides is 1. The Morgan fingerprint density at radius 2 is 2.06 bits per heavy atom. The zero-order valence-electron chi connectivity index (χ0n) is 16.7. The fourth-order valence-electron chi connectivity index (χ4n) is 3.94. The summed E-state index contributed by atoms with van der Waals surface area (Å²) in [6.07, 6.45) is 2.14. The second-order valence-electron chi connectivity index (χ2n) is 8.07. The molecule has 3 heterocycles. The Morgan fingerprint density at radius 1 is 1.32 bits per heavy atom. The third kappa shape index (κ3) is 3.29. The Morgan fingerprint density at radius 3 is 2.71 bits per heavy atom. The van der Waals surface area contributed by atoms with Crippen LogP contribution in [-0.4, -0.2) is 50.5 Å². The van der Waals surface area contributed by atoms with E-state index in [9.17, 15) is 18.4 Å². The zero-order chi connectivity index (χ0) is 21.9. The number of pyridine rings is 1. The highest BCUT2D eigenvalue weighted by Crippen LogP contribution is 2.35. The van der Waals surface area contributed by atoms with Gasteiger partial charge in [-0.15, -0.1) is 0 Å². The number of hydrogen-bond acceptors (Lipinski definition) is 6. The van der Waals surface area contributed by atoms with Gasteiger partial charge in [0, 0.05) is 31.8 Å². The molecule has 3 aromatic heterocycles. The molecular weight excluding hydrogens is 408 g/mol. The summed E-state index contributed by atoms with van der Waals surface area (Å²) in [6.45, 7) is 0. The lowest BCUT2D eigenvalue weighted by atomic mass is 9.90. The molecule has 0 unspecified atom stereocenters. The largest absolute Gasteiger partial charge is 0.365 e. The van der Waals surface area contributed by atoms with Crippen LogP contribution in [-0.2, 0) is 0 Å². The maximum atomic E-state index is 13.7. The topological polar surface area (TPSA) is 111 Å². The Balaban J connectivity index is 1.56. The van der Waals surface area contributed by atoms with Crippen molar-refractivity contribution < 1.29 is 13.6 Å². The molecule has 0 saturated heterocycles. The molecule has 31 heavy (non-hydrogen) atoms. The number of anilines is 3. The van der Waals surface area contributed by atoms with Gasteiger partial charge in [-0.2, -0.15) is 9.61 Å². The molecule has 2 fully saturated rings. The van der Waals surface area contributed by atoms with Crippen LogP contribution in [0.3, 0.4) is 0 Å². The number of nitrogens with zero attached hydrogens (tertiary/aromatic N) is 5. The predicted molar refractivity (Wildman–Crippen MR) is 110 cm³/mol. The first kappa shape index (κ1) is 19.5. The number of hydrogen-bond donors (Lipinski definition) is 2. The number of rotatable bonds is 6. The maximum Gasteiger partial charge on any atom is 0.274 e. The van der Waals surface area contributed by atoms with Gasteiger partial charge in [-0.3, -0.25) is 9.59 Å². The van der Waals surface area contributed by atoms with Crippen LogP contribution in [0.2, 0.25) is 0 Å². The van der Waals surface area contributed by atoms with Crippen LogP contribution in [0.1, 0.15) is 35.7 Å². The summed E-state index contributed by atoms with van der Waals surface area (Å²) in [4.78, 5) is 30.8. The molecule has 2 atom stereocenters. The van der Waals surface area contributed by atoms with E-state index < -0.39 is 18.3 Å². The fraction of sp³-hybridized carbons (Fsp3) is 0.400. The van der Waals surface area contributed by atoms with E-state index in [4.69, 9.17) is 5.73 Å². The van der Waals surface area contributed by atoms with E-state index in [1.165, 1.54) is 15.3 Å². The molecule has 3 N–H and O–H groups in total. The molecule has 0 bridgehead atoms. The lowest BCUT2D eigenvalue weighted by molar-refractivity contribution is 0.100. The number of fused-ring (bicyclic) bond motifs is 1. The van der Waals surface area contributed by atoms with Crippen molar-refractivity contribution in [2.75, 3.05) is 17.3 Å². The monoisotopic (exact) mass is 429 g/mol. The van der Waals surface area contributed by atoms with Crippen molar-refractivity contribution in [1.82, 2.24) is 19.2 Å². The van der Waals surface area contributed by atoms with Crippen molar-refractivity contribution in [3.63, 3.8) is 0 Å². The second-order valence-corrected chi connectivity index (χ2v) is 8.07. The number of primary amides is 1. The van der Waals surface area contributed by atoms with Crippen LogP contribution in [0, 0.1) is 0 Å². The van der Waals surface area contributed by atoms with Crippen molar-refractivity contribution in [2.24, 2.45) is 5.73 Å². The molecule has 5 rings (SSSR count). The zero-order valence-corrected chi connectivity index (χ0v) is 16.7. The molecule has 0 aromatic carbocycles. The van der Waals surface area contributed by atoms with E-state index >= 15 is 0 Å². The standard InChI is InChI=1S/C20H21F2N7O2/c1-27(15-7-13(15)22)17-8-16(26-19-12(18(23)30)9-24-29(17)19)25-14-3-2-4-28(20(14)31)11-5-10(21)6-11/h2-4,8-11,13,15H,5-7H2,1H3,(H2,23,30)(H,25,26)/t10?,11?,13-,15+/m0/s1. The molecule has 1 amide bonds. The van der Waals surface area contributed by atoms with Crippen molar-refractivity contribution >= 4 is 28.9 Å². The van der Waals surface area contributed by atoms with Crippen LogP contribution >= 0.6 is 0 Å². The van der Waals surface area contributed by atoms with Crippen LogP contribution in [0.25, 0.3) is 5.65 Å². The minimum absolute atomic E-state index is 0.111. The maximum absolute atomic E-state index is 13.7. The first-order chi connectivity index (χ1) is 14.8. The number of carbonyl (C=O) groups excluding carboxylic acids is 1. The fourth-order valence-corrected chi connectivity index (χ4v) is 3.94. The number of carbonyl (C=O) groups is 1. The van der Waals surface area contributed by atoms with Crippen molar-refractivity contribution in [2.45, 2.75) is 43.7 Å². The van der Waals surface area contributed by atoms with Crippen molar-refractivity contribution in [3.05, 3.63) is 46.5 Å². The third-order valence-corrected chi connectivity index (χ3v) is 5.94. The summed E-state index contributed by atoms with van der Waals surface area (Å²) >= 11 is 0. The molecule has 162 valence electrons. The van der Waals surface area contributed by atoms with Crippen molar-refractivity contribution in [3.8, 4) is 0 Å². The molecule has 3 aromatic rings. The Kier molecular flexibility index (Phi) is 4.42. The van der Waals surface area contributed by atoms with Gasteiger partial charge in [0.2, 0.25) is 0 Å². The summed E-state index contributed by atoms with van der Waals surface area (Å²) in [5, 5.41) is 7.17. The van der Waals surface area contributed by atoms with Gasteiger partial charge in [0.25, 0.3) is 11.5 Å². The summed E-state index contributed by atoms with van der Waals surface area (Å²) in [7, 11) is 1.73. The third-order valence-electron chi connectivity index (χ3n) is 5.94. The molecule has 0 radical (unpaired) electrons. The van der Waals surface area contributed by atoms with Gasteiger partial charge in [-0.05, 0) is 25.0 Å². The van der Waals surface area contributed by atoms with E-state index in [2.05, 4.69) is 15.4 Å². The summed E-state index contributed by atoms with van der Waals surface area (Å²) in [6, 6.07) is 4.46. The Labute approximate surface area is 175 Å². The molecule has 0 spiro atoms. The molecule has 11 heteroatoms. The van der Waals surface area contributed by atoms with Crippen LogP contribution in [0.15, 0.2) is 35.4 Å². The molecule has 0 aliphatic heterocycles. The molecule has 9 nitrogen and oxygen atoms in total. The highest BCUT2D eigenvalue weighted by atomic mass is 19.1. The number of nitrogens with one attached hydrogen (secondary N) is 1. The number of halogens is 2. The summed E-state index contributed by atoms with van der Waals surface area (Å²) < 4.78 is 29.9. The minimum atomic E-state index is -0.945. The first-order valence-electron chi connectivity index (χ1n) is 10.0. The average Bonchev–Trinajstić information content (AvgIpc) is 3.28. The average molecular weight is 429 g/mol. The normalized spacial score (nSPS) is 24.6. The highest BCUT2D eigenvalue weighted by molar-refractivity contribution is 5.99. The number of alkyl halides is 2. The van der Waals surface area contributed by atoms with Gasteiger partial charge < -0.3 is 20.5 Å². The van der Waals surface area contributed by atoms with Crippen LogP contribution in [0.4, 0.5) is 26.1 Å². The van der Waals surface area contributed by atoms with Gasteiger partial charge in [0.15, 0.2) is 5.65 Å². The van der Waals surface area contributed by atoms with E-state index in [1.54, 1.807) is 36.3 Å². The Hall–Kier alpha value is -3.50. The van der Waals surface area contributed by atoms with E-state index in [1.807, 2.05) is 0 Å². The summed E-state index contributed by atoms with van der Waals surface area (Å²) in [5.74, 6) is 0.0803. The first-order valence-corrected chi connectivity index (χ1v) is 10.0. The number of aromatic nitrogens is 4. The van der Waals surface area contributed by atoms with E-state index in [0.29, 0.717) is 25.1 Å². The van der Waals surface area contributed by atoms with Gasteiger partial charge in [-0.25, -0.2) is 13.8 Å². The van der Waals surface area contributed by atoms with Crippen LogP contribution < -0.4 is 21.5 Å². The molecule has 2 aliphatic rings. The van der Waals surface area contributed by atoms with Crippen LogP contribution in [0.5, 0.6) is 0 Å². The quantitative estimate of drug-likeness (QED) is 0.620. The van der Waals surface area contributed by atoms with Gasteiger partial charge >= 0.3 is 0 Å². The van der Waals surface area contributed by atoms with Gasteiger partial charge in [-0.1, -0.05) is 0 Å². The molecule has 2 aliphatic carbocycles. The van der Waals surface area contributed by atoms with Gasteiger partial charge in [0.1, 0.15) is 35.2 Å². The lowest BCUT2D eigenvalue weighted by Crippen LogP contribution is -2.35.